The molecule has 0 saturated heterocycles. The van der Waals surface area contributed by atoms with E-state index >= 15 is 0 Å². The number of aromatic nitrogens is 2. The van der Waals surface area contributed by atoms with Gasteiger partial charge >= 0.3 is 0 Å². The molecule has 0 saturated carbocycles. The van der Waals surface area contributed by atoms with Crippen molar-refractivity contribution in [3.63, 3.8) is 0 Å². The van der Waals surface area contributed by atoms with E-state index in [0.29, 0.717) is 19.0 Å². The molecule has 94 valence electrons. The SMILES string of the molecule is Cc1cc(-c2cc(N)n[nH]2)cc2c1OCCCO2. The molecule has 2 aromatic rings. The number of ether oxygens (including phenoxy) is 2. The summed E-state index contributed by atoms with van der Waals surface area (Å²) >= 11 is 0. The molecule has 5 heteroatoms. The van der Waals surface area contributed by atoms with Crippen LogP contribution in [-0.4, -0.2) is 23.4 Å². The fourth-order valence-electron chi connectivity index (χ4n) is 2.09. The first-order valence-corrected chi connectivity index (χ1v) is 5.95. The molecule has 0 unspecified atom stereocenters. The van der Waals surface area contributed by atoms with Crippen molar-refractivity contribution in [3.8, 4) is 22.8 Å². The number of nitrogens with two attached hydrogens (primary N) is 1. The van der Waals surface area contributed by atoms with E-state index in [0.717, 1.165) is 34.7 Å². The Hall–Kier alpha value is -2.17. The number of nitrogen functional groups attached to an aromatic ring is 1. The van der Waals surface area contributed by atoms with Gasteiger partial charge < -0.3 is 15.2 Å². The zero-order valence-electron chi connectivity index (χ0n) is 10.2. The molecule has 0 spiro atoms. The van der Waals surface area contributed by atoms with Gasteiger partial charge in [0.1, 0.15) is 5.82 Å². The second kappa shape index (κ2) is 4.25. The van der Waals surface area contributed by atoms with Crippen molar-refractivity contribution in [3.05, 3.63) is 23.8 Å². The number of fused-ring (bicyclic) bond motifs is 1. The Morgan fingerprint density at radius 2 is 2.06 bits per heavy atom. The van der Waals surface area contributed by atoms with Crippen LogP contribution in [0.4, 0.5) is 5.82 Å². The van der Waals surface area contributed by atoms with Crippen molar-refractivity contribution in [2.45, 2.75) is 13.3 Å². The highest BCUT2D eigenvalue weighted by molar-refractivity contribution is 5.68. The van der Waals surface area contributed by atoms with Crippen LogP contribution in [0.2, 0.25) is 0 Å². The van der Waals surface area contributed by atoms with Gasteiger partial charge in [0.2, 0.25) is 0 Å². The summed E-state index contributed by atoms with van der Waals surface area (Å²) in [5, 5.41) is 6.83. The third-order valence-electron chi connectivity index (χ3n) is 2.94. The summed E-state index contributed by atoms with van der Waals surface area (Å²) in [5.41, 5.74) is 8.55. The summed E-state index contributed by atoms with van der Waals surface area (Å²) in [6.07, 6.45) is 0.903. The van der Waals surface area contributed by atoms with Gasteiger partial charge in [-0.15, -0.1) is 0 Å². The summed E-state index contributed by atoms with van der Waals surface area (Å²) in [4.78, 5) is 0. The van der Waals surface area contributed by atoms with Crippen LogP contribution in [-0.2, 0) is 0 Å². The maximum Gasteiger partial charge on any atom is 0.164 e. The first-order chi connectivity index (χ1) is 8.74. The molecule has 1 aliphatic rings. The van der Waals surface area contributed by atoms with E-state index in [1.54, 1.807) is 6.07 Å². The van der Waals surface area contributed by atoms with Crippen molar-refractivity contribution in [2.24, 2.45) is 0 Å². The Kier molecular flexibility index (Phi) is 2.59. The van der Waals surface area contributed by atoms with Gasteiger partial charge in [0, 0.05) is 18.1 Å². The largest absolute Gasteiger partial charge is 0.490 e. The monoisotopic (exact) mass is 245 g/mol. The average molecular weight is 245 g/mol. The Bertz CT molecular complexity index is 578. The van der Waals surface area contributed by atoms with Crippen LogP contribution in [0.3, 0.4) is 0 Å². The molecule has 3 rings (SSSR count). The number of H-pyrrole nitrogens is 1. The Labute approximate surface area is 105 Å². The Morgan fingerprint density at radius 1 is 1.22 bits per heavy atom. The van der Waals surface area contributed by atoms with Gasteiger partial charge in [0.05, 0.1) is 18.9 Å². The number of nitrogens with one attached hydrogen (secondary N) is 1. The Morgan fingerprint density at radius 3 is 2.83 bits per heavy atom. The highest BCUT2D eigenvalue weighted by Crippen LogP contribution is 2.37. The van der Waals surface area contributed by atoms with Crippen LogP contribution in [0, 0.1) is 6.92 Å². The third kappa shape index (κ3) is 1.88. The molecule has 3 N–H and O–H groups in total. The van der Waals surface area contributed by atoms with Crippen molar-refractivity contribution in [2.75, 3.05) is 18.9 Å². The Balaban J connectivity index is 2.07. The first-order valence-electron chi connectivity index (χ1n) is 5.95. The van der Waals surface area contributed by atoms with Crippen LogP contribution in [0.25, 0.3) is 11.3 Å². The van der Waals surface area contributed by atoms with Crippen molar-refractivity contribution < 1.29 is 9.47 Å². The highest BCUT2D eigenvalue weighted by Gasteiger charge is 2.15. The predicted octanol–water partition coefficient (Wildman–Crippen LogP) is 2.13. The summed E-state index contributed by atoms with van der Waals surface area (Å²) < 4.78 is 11.4. The van der Waals surface area contributed by atoms with Crippen LogP contribution >= 0.6 is 0 Å². The number of aryl methyl sites for hydroxylation is 1. The molecule has 1 aromatic heterocycles. The lowest BCUT2D eigenvalue weighted by Gasteiger charge is -2.11. The van der Waals surface area contributed by atoms with Gasteiger partial charge in [0.25, 0.3) is 0 Å². The molecule has 5 nitrogen and oxygen atoms in total. The van der Waals surface area contributed by atoms with Gasteiger partial charge in [-0.25, -0.2) is 0 Å². The second-order valence-electron chi connectivity index (χ2n) is 4.38. The lowest BCUT2D eigenvalue weighted by atomic mass is 10.1. The van der Waals surface area contributed by atoms with Crippen molar-refractivity contribution >= 4 is 5.82 Å². The zero-order chi connectivity index (χ0) is 12.5. The minimum Gasteiger partial charge on any atom is -0.490 e. The summed E-state index contributed by atoms with van der Waals surface area (Å²) in [6.45, 7) is 3.39. The van der Waals surface area contributed by atoms with Gasteiger partial charge in [-0.1, -0.05) is 0 Å². The molecule has 0 atom stereocenters. The lowest BCUT2D eigenvalue weighted by molar-refractivity contribution is 0.296. The molecule has 0 radical (unpaired) electrons. The van der Waals surface area contributed by atoms with Crippen LogP contribution in [0.1, 0.15) is 12.0 Å². The molecule has 0 bridgehead atoms. The normalized spacial score (nSPS) is 14.3. The molecule has 2 heterocycles. The van der Waals surface area contributed by atoms with Gasteiger partial charge in [-0.05, 0) is 24.6 Å². The molecule has 1 aliphatic heterocycles. The van der Waals surface area contributed by atoms with Crippen LogP contribution in [0.15, 0.2) is 18.2 Å². The maximum absolute atomic E-state index is 5.71. The minimum atomic E-state index is 0.481. The standard InChI is InChI=1S/C13H15N3O2/c1-8-5-9(10-7-12(14)16-15-10)6-11-13(8)18-4-2-3-17-11/h5-7H,2-4H2,1H3,(H3,14,15,16). The van der Waals surface area contributed by atoms with Crippen molar-refractivity contribution in [1.29, 1.82) is 0 Å². The molecular weight excluding hydrogens is 230 g/mol. The highest BCUT2D eigenvalue weighted by atomic mass is 16.5. The zero-order valence-corrected chi connectivity index (χ0v) is 10.2. The van der Waals surface area contributed by atoms with E-state index in [2.05, 4.69) is 10.2 Å². The molecule has 0 amide bonds. The summed E-state index contributed by atoms with van der Waals surface area (Å²) in [5.74, 6) is 2.11. The van der Waals surface area contributed by atoms with Crippen LogP contribution < -0.4 is 15.2 Å². The second-order valence-corrected chi connectivity index (χ2v) is 4.38. The number of anilines is 1. The number of hydrogen-bond donors (Lipinski definition) is 2. The summed E-state index contributed by atoms with van der Waals surface area (Å²) in [7, 11) is 0. The number of rotatable bonds is 1. The quantitative estimate of drug-likeness (QED) is 0.807. The van der Waals surface area contributed by atoms with E-state index in [1.807, 2.05) is 19.1 Å². The van der Waals surface area contributed by atoms with E-state index in [4.69, 9.17) is 15.2 Å². The van der Waals surface area contributed by atoms with E-state index < -0.39 is 0 Å². The average Bonchev–Trinajstić information content (AvgIpc) is 2.63. The lowest BCUT2D eigenvalue weighted by Crippen LogP contribution is -1.97. The molecule has 1 aromatic carbocycles. The molecule has 0 aliphatic carbocycles. The van der Waals surface area contributed by atoms with Gasteiger partial charge in [-0.2, -0.15) is 5.10 Å². The molecular formula is C13H15N3O2. The number of aromatic amines is 1. The third-order valence-corrected chi connectivity index (χ3v) is 2.94. The number of nitrogens with zero attached hydrogens (tertiary/aromatic N) is 1. The van der Waals surface area contributed by atoms with E-state index in [-0.39, 0.29) is 0 Å². The predicted molar refractivity (Wildman–Crippen MR) is 68.8 cm³/mol. The smallest absolute Gasteiger partial charge is 0.164 e. The fourth-order valence-corrected chi connectivity index (χ4v) is 2.09. The van der Waals surface area contributed by atoms with E-state index in [9.17, 15) is 0 Å². The summed E-state index contributed by atoms with van der Waals surface area (Å²) in [6, 6.07) is 5.81. The van der Waals surface area contributed by atoms with E-state index in [1.165, 1.54) is 0 Å². The maximum atomic E-state index is 5.71. The van der Waals surface area contributed by atoms with Crippen LogP contribution in [0.5, 0.6) is 11.5 Å². The minimum absolute atomic E-state index is 0.481. The topological polar surface area (TPSA) is 73.2 Å². The molecule has 18 heavy (non-hydrogen) atoms. The fraction of sp³-hybridized carbons (Fsp3) is 0.308. The van der Waals surface area contributed by atoms with Crippen molar-refractivity contribution in [1.82, 2.24) is 10.2 Å². The first kappa shape index (κ1) is 11.0. The molecule has 0 fully saturated rings. The van der Waals surface area contributed by atoms with Gasteiger partial charge in [0.15, 0.2) is 11.5 Å². The van der Waals surface area contributed by atoms with Gasteiger partial charge in [-0.3, -0.25) is 5.10 Å². The number of benzene rings is 1. The number of hydrogen-bond acceptors (Lipinski definition) is 4.